The van der Waals surface area contributed by atoms with Crippen molar-refractivity contribution in [2.24, 2.45) is 0 Å². The van der Waals surface area contributed by atoms with Crippen LogP contribution >= 0.6 is 0 Å². The summed E-state index contributed by atoms with van der Waals surface area (Å²) in [6.07, 6.45) is 11.7. The molecule has 0 bridgehead atoms. The zero-order valence-corrected chi connectivity index (χ0v) is 13.4. The van der Waals surface area contributed by atoms with E-state index in [0.717, 1.165) is 31.4 Å². The largest absolute Gasteiger partial charge is 0.385 e. The first-order valence-corrected chi connectivity index (χ1v) is 8.72. The number of carbonyl (C=O) groups is 1. The van der Waals surface area contributed by atoms with Crippen LogP contribution in [-0.2, 0) is 6.42 Å². The number of Topliss-reactive ketones (excluding diaryl/α,β-unsaturated/α-hetero) is 1. The highest BCUT2D eigenvalue weighted by atomic mass is 16.1. The molecule has 1 aliphatic heterocycles. The Morgan fingerprint density at radius 1 is 1.10 bits per heavy atom. The van der Waals surface area contributed by atoms with E-state index in [1.165, 1.54) is 49.8 Å². The number of rotatable bonds is 9. The molecule has 0 aromatic heterocycles. The number of benzene rings is 1. The summed E-state index contributed by atoms with van der Waals surface area (Å²) in [7, 11) is 0. The van der Waals surface area contributed by atoms with E-state index in [2.05, 4.69) is 18.3 Å². The van der Waals surface area contributed by atoms with E-state index in [1.54, 1.807) is 0 Å². The molecule has 0 aliphatic carbocycles. The second-order valence-electron chi connectivity index (χ2n) is 6.16. The molecular formula is C19H29NO. The number of unbranched alkanes of at least 4 members (excludes halogenated alkanes) is 6. The quantitative estimate of drug-likeness (QED) is 0.489. The highest BCUT2D eigenvalue weighted by Crippen LogP contribution is 2.26. The van der Waals surface area contributed by atoms with Crippen LogP contribution in [0.15, 0.2) is 18.2 Å². The fourth-order valence-corrected chi connectivity index (χ4v) is 3.15. The number of carbonyl (C=O) groups excluding carboxylic acids is 1. The van der Waals surface area contributed by atoms with E-state index < -0.39 is 0 Å². The van der Waals surface area contributed by atoms with Crippen LogP contribution in [0.5, 0.6) is 0 Å². The Morgan fingerprint density at radius 2 is 1.86 bits per heavy atom. The van der Waals surface area contributed by atoms with E-state index >= 15 is 0 Å². The monoisotopic (exact) mass is 287 g/mol. The molecule has 0 amide bonds. The normalized spacial score (nSPS) is 13.6. The Hall–Kier alpha value is -1.31. The summed E-state index contributed by atoms with van der Waals surface area (Å²) in [4.78, 5) is 12.4. The number of fused-ring (bicyclic) bond motifs is 1. The van der Waals surface area contributed by atoms with E-state index in [0.29, 0.717) is 12.2 Å². The van der Waals surface area contributed by atoms with Crippen molar-refractivity contribution in [2.75, 3.05) is 11.9 Å². The van der Waals surface area contributed by atoms with Gasteiger partial charge in [-0.1, -0.05) is 57.6 Å². The lowest BCUT2D eigenvalue weighted by atomic mass is 9.93. The van der Waals surface area contributed by atoms with Crippen LogP contribution in [0.25, 0.3) is 0 Å². The standard InChI is InChI=1S/C19H29NO/c1-2-3-4-5-6-7-8-14-19(21)17-11-9-13-18-16(17)12-10-15-20-18/h9,11,13,20H,2-8,10,12,14-15H2,1H3. The summed E-state index contributed by atoms with van der Waals surface area (Å²) in [5, 5.41) is 3.40. The molecule has 0 radical (unpaired) electrons. The van der Waals surface area contributed by atoms with Gasteiger partial charge in [-0.05, 0) is 30.9 Å². The fraction of sp³-hybridized carbons (Fsp3) is 0.632. The van der Waals surface area contributed by atoms with Gasteiger partial charge < -0.3 is 5.32 Å². The summed E-state index contributed by atoms with van der Waals surface area (Å²) in [5.74, 6) is 0.337. The van der Waals surface area contributed by atoms with E-state index in [-0.39, 0.29) is 0 Å². The first kappa shape index (κ1) is 16.1. The van der Waals surface area contributed by atoms with Gasteiger partial charge in [-0.25, -0.2) is 0 Å². The molecule has 0 saturated heterocycles. The molecular weight excluding hydrogens is 258 g/mol. The molecule has 0 saturated carbocycles. The fourth-order valence-electron chi connectivity index (χ4n) is 3.15. The third-order valence-electron chi connectivity index (χ3n) is 4.40. The average molecular weight is 287 g/mol. The van der Waals surface area contributed by atoms with Gasteiger partial charge in [0.15, 0.2) is 5.78 Å². The van der Waals surface area contributed by atoms with Gasteiger partial charge in [-0.3, -0.25) is 4.79 Å². The number of hydrogen-bond donors (Lipinski definition) is 1. The molecule has 2 heteroatoms. The predicted octanol–water partition coefficient (Wildman–Crippen LogP) is 5.37. The van der Waals surface area contributed by atoms with Gasteiger partial charge in [-0.2, -0.15) is 0 Å². The van der Waals surface area contributed by atoms with Crippen molar-refractivity contribution < 1.29 is 4.79 Å². The van der Waals surface area contributed by atoms with Crippen LogP contribution in [0, 0.1) is 0 Å². The molecule has 2 rings (SSSR count). The van der Waals surface area contributed by atoms with Gasteiger partial charge >= 0.3 is 0 Å². The molecule has 0 spiro atoms. The van der Waals surface area contributed by atoms with Gasteiger partial charge in [0.25, 0.3) is 0 Å². The highest BCUT2D eigenvalue weighted by molar-refractivity contribution is 5.98. The maximum Gasteiger partial charge on any atom is 0.163 e. The summed E-state index contributed by atoms with van der Waals surface area (Å²) in [6, 6.07) is 6.11. The molecule has 1 aliphatic rings. The van der Waals surface area contributed by atoms with Crippen molar-refractivity contribution in [1.29, 1.82) is 0 Å². The summed E-state index contributed by atoms with van der Waals surface area (Å²) in [5.41, 5.74) is 3.38. The highest BCUT2D eigenvalue weighted by Gasteiger charge is 2.16. The number of anilines is 1. The van der Waals surface area contributed by atoms with Crippen LogP contribution in [0.4, 0.5) is 5.69 Å². The minimum Gasteiger partial charge on any atom is -0.385 e. The van der Waals surface area contributed by atoms with E-state index in [4.69, 9.17) is 0 Å². The molecule has 1 aromatic carbocycles. The molecule has 0 fully saturated rings. The van der Waals surface area contributed by atoms with Crippen molar-refractivity contribution >= 4 is 11.5 Å². The molecule has 2 nitrogen and oxygen atoms in total. The SMILES string of the molecule is CCCCCCCCCC(=O)c1cccc2c1CCCN2. The van der Waals surface area contributed by atoms with Gasteiger partial charge in [0.1, 0.15) is 0 Å². The summed E-state index contributed by atoms with van der Waals surface area (Å²) < 4.78 is 0. The average Bonchev–Trinajstić information content (AvgIpc) is 2.53. The molecule has 1 heterocycles. The molecule has 1 aromatic rings. The van der Waals surface area contributed by atoms with Crippen molar-refractivity contribution in [1.82, 2.24) is 0 Å². The topological polar surface area (TPSA) is 29.1 Å². The lowest BCUT2D eigenvalue weighted by Gasteiger charge is -2.20. The molecule has 21 heavy (non-hydrogen) atoms. The zero-order valence-electron chi connectivity index (χ0n) is 13.4. The van der Waals surface area contributed by atoms with Gasteiger partial charge in [0.05, 0.1) is 0 Å². The Bertz CT molecular complexity index is 453. The molecule has 1 N–H and O–H groups in total. The van der Waals surface area contributed by atoms with Crippen molar-refractivity contribution in [3.05, 3.63) is 29.3 Å². The minimum absolute atomic E-state index is 0.337. The van der Waals surface area contributed by atoms with Crippen LogP contribution < -0.4 is 5.32 Å². The third-order valence-corrected chi connectivity index (χ3v) is 4.40. The smallest absolute Gasteiger partial charge is 0.163 e. The van der Waals surface area contributed by atoms with Crippen LogP contribution in [0.2, 0.25) is 0 Å². The van der Waals surface area contributed by atoms with Gasteiger partial charge in [0.2, 0.25) is 0 Å². The zero-order chi connectivity index (χ0) is 14.9. The summed E-state index contributed by atoms with van der Waals surface area (Å²) >= 11 is 0. The summed E-state index contributed by atoms with van der Waals surface area (Å²) in [6.45, 7) is 3.27. The van der Waals surface area contributed by atoms with Crippen molar-refractivity contribution in [2.45, 2.75) is 71.1 Å². The maximum absolute atomic E-state index is 12.4. The number of nitrogens with one attached hydrogen (secondary N) is 1. The first-order valence-electron chi connectivity index (χ1n) is 8.72. The Balaban J connectivity index is 1.76. The minimum atomic E-state index is 0.337. The molecule has 116 valence electrons. The van der Waals surface area contributed by atoms with E-state index in [9.17, 15) is 4.79 Å². The second-order valence-corrected chi connectivity index (χ2v) is 6.16. The number of ketones is 1. The van der Waals surface area contributed by atoms with Crippen LogP contribution in [0.1, 0.15) is 80.6 Å². The first-order chi connectivity index (χ1) is 10.3. The van der Waals surface area contributed by atoms with Gasteiger partial charge in [-0.15, -0.1) is 0 Å². The Labute approximate surface area is 129 Å². The molecule has 0 unspecified atom stereocenters. The second kappa shape index (κ2) is 8.86. The van der Waals surface area contributed by atoms with Crippen LogP contribution in [-0.4, -0.2) is 12.3 Å². The third kappa shape index (κ3) is 4.87. The van der Waals surface area contributed by atoms with Gasteiger partial charge in [0, 0.05) is 24.2 Å². The maximum atomic E-state index is 12.4. The molecule has 0 atom stereocenters. The predicted molar refractivity (Wildman–Crippen MR) is 90.2 cm³/mol. The lowest BCUT2D eigenvalue weighted by Crippen LogP contribution is -2.15. The van der Waals surface area contributed by atoms with E-state index in [1.807, 2.05) is 12.1 Å². The Kier molecular flexibility index (Phi) is 6.78. The van der Waals surface area contributed by atoms with Crippen molar-refractivity contribution in [3.8, 4) is 0 Å². The van der Waals surface area contributed by atoms with Crippen molar-refractivity contribution in [3.63, 3.8) is 0 Å². The Morgan fingerprint density at radius 3 is 2.67 bits per heavy atom. The van der Waals surface area contributed by atoms with Crippen LogP contribution in [0.3, 0.4) is 0 Å². The number of hydrogen-bond acceptors (Lipinski definition) is 2. The lowest BCUT2D eigenvalue weighted by molar-refractivity contribution is 0.0978.